The van der Waals surface area contributed by atoms with Crippen molar-refractivity contribution in [1.29, 1.82) is 0 Å². The lowest BCUT2D eigenvalue weighted by molar-refractivity contribution is -0.141. The number of anilines is 1. The Morgan fingerprint density at radius 1 is 1.20 bits per heavy atom. The first-order chi connectivity index (χ1) is 9.45. The molecule has 20 heavy (non-hydrogen) atoms. The van der Waals surface area contributed by atoms with E-state index >= 15 is 0 Å². The van der Waals surface area contributed by atoms with E-state index in [1.807, 2.05) is 32.0 Å². The van der Waals surface area contributed by atoms with E-state index in [1.54, 1.807) is 0 Å². The highest BCUT2D eigenvalue weighted by Crippen LogP contribution is 2.25. The maximum Gasteiger partial charge on any atom is 0.319 e. The second-order valence-corrected chi connectivity index (χ2v) is 5.44. The summed E-state index contributed by atoms with van der Waals surface area (Å²) in [5.74, 6) is -1.11. The van der Waals surface area contributed by atoms with Gasteiger partial charge in [-0.15, -0.1) is 0 Å². The average Bonchev–Trinajstić information content (AvgIpc) is 2.82. The summed E-state index contributed by atoms with van der Waals surface area (Å²) in [4.78, 5) is 22.7. The summed E-state index contributed by atoms with van der Waals surface area (Å²) in [6.07, 6.45) is 1.86. The number of aryl methyl sites for hydroxylation is 2. The van der Waals surface area contributed by atoms with Crippen molar-refractivity contribution >= 4 is 17.7 Å². The highest BCUT2D eigenvalue weighted by atomic mass is 16.4. The lowest BCUT2D eigenvalue weighted by Crippen LogP contribution is -2.36. The van der Waals surface area contributed by atoms with E-state index in [4.69, 9.17) is 5.11 Å². The zero-order valence-corrected chi connectivity index (χ0v) is 11.8. The topological polar surface area (TPSA) is 78.4 Å². The van der Waals surface area contributed by atoms with Gasteiger partial charge in [0.25, 0.3) is 0 Å². The van der Waals surface area contributed by atoms with Crippen molar-refractivity contribution in [3.05, 3.63) is 29.3 Å². The molecule has 1 aromatic carbocycles. The van der Waals surface area contributed by atoms with Gasteiger partial charge < -0.3 is 15.7 Å². The monoisotopic (exact) mass is 276 g/mol. The zero-order valence-electron chi connectivity index (χ0n) is 11.8. The molecular weight excluding hydrogens is 256 g/mol. The van der Waals surface area contributed by atoms with Gasteiger partial charge in [-0.2, -0.15) is 0 Å². The predicted molar refractivity (Wildman–Crippen MR) is 76.8 cm³/mol. The number of amides is 2. The molecule has 0 spiro atoms. The summed E-state index contributed by atoms with van der Waals surface area (Å²) >= 11 is 0. The second-order valence-electron chi connectivity index (χ2n) is 5.44. The van der Waals surface area contributed by atoms with E-state index in [1.165, 1.54) is 5.56 Å². The quantitative estimate of drug-likeness (QED) is 0.794. The van der Waals surface area contributed by atoms with E-state index in [0.29, 0.717) is 12.8 Å². The van der Waals surface area contributed by atoms with Crippen molar-refractivity contribution in [3.8, 4) is 0 Å². The standard InChI is InChI=1S/C15H20N2O3/c1-9-3-5-12(7-10(9)2)16-15(20)17-13-6-4-11(8-13)14(18)19/h3,5,7,11,13H,4,6,8H2,1-2H3,(H,18,19)(H2,16,17,20)/t11-,13+/m1/s1. The van der Waals surface area contributed by atoms with Crippen molar-refractivity contribution in [1.82, 2.24) is 5.32 Å². The number of benzene rings is 1. The van der Waals surface area contributed by atoms with Crippen LogP contribution >= 0.6 is 0 Å². The molecule has 5 heteroatoms. The molecule has 1 fully saturated rings. The Balaban J connectivity index is 1.87. The van der Waals surface area contributed by atoms with Gasteiger partial charge in [-0.1, -0.05) is 6.07 Å². The lowest BCUT2D eigenvalue weighted by Gasteiger charge is -2.14. The molecule has 1 saturated carbocycles. The molecular formula is C15H20N2O3. The molecule has 0 aliphatic heterocycles. The fourth-order valence-electron chi connectivity index (χ4n) is 2.51. The van der Waals surface area contributed by atoms with Crippen LogP contribution in [0.2, 0.25) is 0 Å². The maximum atomic E-state index is 11.9. The SMILES string of the molecule is Cc1ccc(NC(=O)N[C@H]2CC[C@@H](C(=O)O)C2)cc1C. The molecule has 5 nitrogen and oxygen atoms in total. The van der Waals surface area contributed by atoms with Gasteiger partial charge in [0.05, 0.1) is 5.92 Å². The number of hydrogen-bond donors (Lipinski definition) is 3. The molecule has 0 aromatic heterocycles. The van der Waals surface area contributed by atoms with Gasteiger partial charge in [0.1, 0.15) is 0 Å². The third-order valence-corrected chi connectivity index (χ3v) is 3.88. The van der Waals surface area contributed by atoms with E-state index in [0.717, 1.165) is 17.7 Å². The van der Waals surface area contributed by atoms with E-state index in [9.17, 15) is 9.59 Å². The van der Waals surface area contributed by atoms with Crippen LogP contribution in [0.15, 0.2) is 18.2 Å². The first-order valence-electron chi connectivity index (χ1n) is 6.83. The number of nitrogens with one attached hydrogen (secondary N) is 2. The summed E-state index contributed by atoms with van der Waals surface area (Å²) < 4.78 is 0. The van der Waals surface area contributed by atoms with Gasteiger partial charge in [-0.25, -0.2) is 4.79 Å². The summed E-state index contributed by atoms with van der Waals surface area (Å²) in [7, 11) is 0. The highest BCUT2D eigenvalue weighted by molar-refractivity contribution is 5.89. The number of carboxylic acid groups (broad SMARTS) is 1. The third kappa shape index (κ3) is 3.50. The second kappa shape index (κ2) is 5.94. The largest absolute Gasteiger partial charge is 0.481 e. The van der Waals surface area contributed by atoms with E-state index in [2.05, 4.69) is 10.6 Å². The maximum absolute atomic E-state index is 11.9. The third-order valence-electron chi connectivity index (χ3n) is 3.88. The summed E-state index contributed by atoms with van der Waals surface area (Å²) in [6, 6.07) is 5.41. The molecule has 0 saturated heterocycles. The van der Waals surface area contributed by atoms with Gasteiger partial charge in [-0.05, 0) is 56.4 Å². The number of carboxylic acids is 1. The molecule has 2 amide bonds. The Hall–Kier alpha value is -2.04. The number of carbonyl (C=O) groups excluding carboxylic acids is 1. The molecule has 2 atom stereocenters. The Kier molecular flexibility index (Phi) is 4.27. The number of aliphatic carboxylic acids is 1. The van der Waals surface area contributed by atoms with Crippen LogP contribution < -0.4 is 10.6 Å². The minimum Gasteiger partial charge on any atom is -0.481 e. The summed E-state index contributed by atoms with van der Waals surface area (Å²) in [5, 5.41) is 14.5. The fraction of sp³-hybridized carbons (Fsp3) is 0.467. The van der Waals surface area contributed by atoms with Crippen LogP contribution in [0.3, 0.4) is 0 Å². The fourth-order valence-corrected chi connectivity index (χ4v) is 2.51. The van der Waals surface area contributed by atoms with Gasteiger partial charge in [0.2, 0.25) is 0 Å². The van der Waals surface area contributed by atoms with Gasteiger partial charge in [0, 0.05) is 11.7 Å². The van der Waals surface area contributed by atoms with Crippen LogP contribution in [-0.4, -0.2) is 23.1 Å². The van der Waals surface area contributed by atoms with Crippen LogP contribution in [-0.2, 0) is 4.79 Å². The van der Waals surface area contributed by atoms with Crippen molar-refractivity contribution in [2.75, 3.05) is 5.32 Å². The molecule has 0 heterocycles. The van der Waals surface area contributed by atoms with E-state index in [-0.39, 0.29) is 18.0 Å². The highest BCUT2D eigenvalue weighted by Gasteiger charge is 2.30. The van der Waals surface area contributed by atoms with Gasteiger partial charge in [-0.3, -0.25) is 4.79 Å². The van der Waals surface area contributed by atoms with Crippen LogP contribution in [0.5, 0.6) is 0 Å². The molecule has 0 bridgehead atoms. The summed E-state index contributed by atoms with van der Waals surface area (Å²) in [5.41, 5.74) is 3.05. The van der Waals surface area contributed by atoms with Crippen LogP contribution in [0.25, 0.3) is 0 Å². The minimum atomic E-state index is -0.774. The van der Waals surface area contributed by atoms with Crippen molar-refractivity contribution < 1.29 is 14.7 Å². The van der Waals surface area contributed by atoms with Crippen molar-refractivity contribution in [2.45, 2.75) is 39.2 Å². The molecule has 1 aliphatic rings. The Morgan fingerprint density at radius 2 is 1.95 bits per heavy atom. The Bertz CT molecular complexity index is 528. The minimum absolute atomic E-state index is 0.0531. The number of rotatable bonds is 3. The molecule has 0 unspecified atom stereocenters. The van der Waals surface area contributed by atoms with Gasteiger partial charge >= 0.3 is 12.0 Å². The number of urea groups is 1. The van der Waals surface area contributed by atoms with Crippen LogP contribution in [0.4, 0.5) is 10.5 Å². The van der Waals surface area contributed by atoms with Crippen LogP contribution in [0.1, 0.15) is 30.4 Å². The molecule has 2 rings (SSSR count). The van der Waals surface area contributed by atoms with Crippen molar-refractivity contribution in [3.63, 3.8) is 0 Å². The molecule has 0 radical (unpaired) electrons. The molecule has 108 valence electrons. The van der Waals surface area contributed by atoms with Crippen LogP contribution in [0, 0.1) is 19.8 Å². The van der Waals surface area contributed by atoms with E-state index < -0.39 is 5.97 Å². The average molecular weight is 276 g/mol. The first kappa shape index (κ1) is 14.4. The predicted octanol–water partition coefficient (Wildman–Crippen LogP) is 2.68. The first-order valence-corrected chi connectivity index (χ1v) is 6.83. The zero-order chi connectivity index (χ0) is 14.7. The molecule has 3 N–H and O–H groups in total. The normalized spacial score (nSPS) is 21.5. The van der Waals surface area contributed by atoms with Gasteiger partial charge in [0.15, 0.2) is 0 Å². The Morgan fingerprint density at radius 3 is 2.55 bits per heavy atom. The number of hydrogen-bond acceptors (Lipinski definition) is 2. The van der Waals surface area contributed by atoms with Crippen molar-refractivity contribution in [2.24, 2.45) is 5.92 Å². The lowest BCUT2D eigenvalue weighted by atomic mass is 10.1. The smallest absolute Gasteiger partial charge is 0.319 e. The summed E-state index contributed by atoms with van der Waals surface area (Å²) in [6.45, 7) is 4.01. The molecule has 1 aromatic rings. The Labute approximate surface area is 118 Å². The number of carbonyl (C=O) groups is 2. The molecule has 1 aliphatic carbocycles.